The van der Waals surface area contributed by atoms with Crippen molar-refractivity contribution in [1.82, 2.24) is 0 Å². The summed E-state index contributed by atoms with van der Waals surface area (Å²) >= 11 is 0. The molecule has 2 rings (SSSR count). The molecular formula is C17H19NO2. The lowest BCUT2D eigenvalue weighted by Gasteiger charge is -2.11. The smallest absolute Gasteiger partial charge is 0.328 e. The number of nitrogens with two attached hydrogens (primary N) is 1. The van der Waals surface area contributed by atoms with Crippen molar-refractivity contribution in [3.05, 3.63) is 66.2 Å². The molecule has 3 heteroatoms. The molecule has 2 aromatic carbocycles. The average molecular weight is 269 g/mol. The molecule has 2 aromatic rings. The van der Waals surface area contributed by atoms with Crippen LogP contribution in [-0.2, 0) is 11.2 Å². The van der Waals surface area contributed by atoms with Gasteiger partial charge in [-0.3, -0.25) is 0 Å². The fourth-order valence-electron chi connectivity index (χ4n) is 1.97. The molecule has 1 unspecified atom stereocenters. The van der Waals surface area contributed by atoms with E-state index in [2.05, 4.69) is 12.1 Å². The van der Waals surface area contributed by atoms with Gasteiger partial charge in [0.15, 0.2) is 0 Å². The molecule has 0 aliphatic heterocycles. The Balaban J connectivity index is 1.74. The quantitative estimate of drug-likeness (QED) is 0.648. The lowest BCUT2D eigenvalue weighted by atomic mass is 10.1. The Morgan fingerprint density at radius 3 is 2.25 bits per heavy atom. The van der Waals surface area contributed by atoms with Gasteiger partial charge < -0.3 is 10.5 Å². The molecule has 20 heavy (non-hydrogen) atoms. The van der Waals surface area contributed by atoms with Crippen LogP contribution in [-0.4, -0.2) is 12.0 Å². The van der Waals surface area contributed by atoms with E-state index in [4.69, 9.17) is 10.5 Å². The van der Waals surface area contributed by atoms with Gasteiger partial charge in [0, 0.05) is 0 Å². The van der Waals surface area contributed by atoms with E-state index in [9.17, 15) is 4.79 Å². The number of aryl methyl sites for hydroxylation is 1. The third-order valence-electron chi connectivity index (χ3n) is 3.09. The van der Waals surface area contributed by atoms with E-state index in [-0.39, 0.29) is 5.97 Å². The molecule has 3 nitrogen and oxygen atoms in total. The molecule has 1 atom stereocenters. The fourth-order valence-corrected chi connectivity index (χ4v) is 1.97. The first-order chi connectivity index (χ1) is 9.75. The molecule has 0 aromatic heterocycles. The minimum atomic E-state index is -0.570. The highest BCUT2D eigenvalue weighted by Gasteiger charge is 2.15. The van der Waals surface area contributed by atoms with Crippen LogP contribution in [0.15, 0.2) is 60.7 Å². The van der Waals surface area contributed by atoms with Crippen LogP contribution < -0.4 is 10.5 Å². The first-order valence-electron chi connectivity index (χ1n) is 6.82. The molecule has 0 spiro atoms. The molecule has 0 saturated carbocycles. The van der Waals surface area contributed by atoms with Crippen LogP contribution in [0.5, 0.6) is 5.75 Å². The first kappa shape index (κ1) is 14.3. The van der Waals surface area contributed by atoms with Crippen LogP contribution in [0.2, 0.25) is 0 Å². The summed E-state index contributed by atoms with van der Waals surface area (Å²) in [5.74, 6) is 0.167. The van der Waals surface area contributed by atoms with Crippen LogP contribution in [0.4, 0.5) is 0 Å². The minimum Gasteiger partial charge on any atom is -0.425 e. The molecule has 0 heterocycles. The van der Waals surface area contributed by atoms with Gasteiger partial charge in [-0.2, -0.15) is 0 Å². The minimum absolute atomic E-state index is 0.371. The summed E-state index contributed by atoms with van der Waals surface area (Å²) in [6.07, 6.45) is 2.42. The van der Waals surface area contributed by atoms with Gasteiger partial charge in [-0.1, -0.05) is 48.5 Å². The molecule has 0 radical (unpaired) electrons. The van der Waals surface area contributed by atoms with Crippen molar-refractivity contribution in [3.63, 3.8) is 0 Å². The Morgan fingerprint density at radius 1 is 1.00 bits per heavy atom. The summed E-state index contributed by atoms with van der Waals surface area (Å²) in [5.41, 5.74) is 7.11. The number of carbonyl (C=O) groups is 1. The van der Waals surface area contributed by atoms with Crippen molar-refractivity contribution in [1.29, 1.82) is 0 Å². The van der Waals surface area contributed by atoms with E-state index in [1.165, 1.54) is 5.56 Å². The van der Waals surface area contributed by atoms with Crippen LogP contribution in [0, 0.1) is 0 Å². The maximum absolute atomic E-state index is 11.8. The topological polar surface area (TPSA) is 52.3 Å². The molecule has 2 N–H and O–H groups in total. The van der Waals surface area contributed by atoms with Gasteiger partial charge in [0.25, 0.3) is 0 Å². The monoisotopic (exact) mass is 269 g/mol. The molecule has 0 saturated heterocycles. The Hall–Kier alpha value is -2.13. The van der Waals surface area contributed by atoms with Crippen molar-refractivity contribution in [2.75, 3.05) is 0 Å². The van der Waals surface area contributed by atoms with Crippen LogP contribution in [0.1, 0.15) is 18.4 Å². The molecule has 0 fully saturated rings. The SMILES string of the molecule is NC(CCCc1ccccc1)C(=O)Oc1ccccc1. The van der Waals surface area contributed by atoms with Crippen LogP contribution in [0.3, 0.4) is 0 Å². The second-order valence-corrected chi connectivity index (χ2v) is 4.72. The summed E-state index contributed by atoms with van der Waals surface area (Å²) in [7, 11) is 0. The Kier molecular flexibility index (Phi) is 5.33. The van der Waals surface area contributed by atoms with Crippen molar-refractivity contribution < 1.29 is 9.53 Å². The lowest BCUT2D eigenvalue weighted by molar-refractivity contribution is -0.136. The predicted octanol–water partition coefficient (Wildman–Crippen LogP) is 2.94. The number of rotatable bonds is 6. The lowest BCUT2D eigenvalue weighted by Crippen LogP contribution is -2.34. The van der Waals surface area contributed by atoms with Crippen molar-refractivity contribution in [2.24, 2.45) is 5.73 Å². The van der Waals surface area contributed by atoms with Gasteiger partial charge in [0.05, 0.1) is 0 Å². The van der Waals surface area contributed by atoms with Gasteiger partial charge in [-0.05, 0) is 37.0 Å². The number of para-hydroxylation sites is 1. The van der Waals surface area contributed by atoms with Gasteiger partial charge >= 0.3 is 5.97 Å². The second kappa shape index (κ2) is 7.46. The molecule has 0 bridgehead atoms. The predicted molar refractivity (Wildman–Crippen MR) is 79.4 cm³/mol. The Labute approximate surface area is 119 Å². The highest BCUT2D eigenvalue weighted by atomic mass is 16.5. The second-order valence-electron chi connectivity index (χ2n) is 4.72. The van der Waals surface area contributed by atoms with Crippen LogP contribution in [0.25, 0.3) is 0 Å². The zero-order valence-electron chi connectivity index (χ0n) is 11.4. The average Bonchev–Trinajstić information content (AvgIpc) is 2.49. The van der Waals surface area contributed by atoms with Crippen molar-refractivity contribution in [2.45, 2.75) is 25.3 Å². The maximum Gasteiger partial charge on any atom is 0.328 e. The zero-order valence-corrected chi connectivity index (χ0v) is 11.4. The number of benzene rings is 2. The Bertz CT molecular complexity index is 525. The highest BCUT2D eigenvalue weighted by molar-refractivity contribution is 5.77. The van der Waals surface area contributed by atoms with Crippen LogP contribution >= 0.6 is 0 Å². The standard InChI is InChI=1S/C17H19NO2/c18-16(13-7-10-14-8-3-1-4-9-14)17(19)20-15-11-5-2-6-12-15/h1-6,8-9,11-12,16H,7,10,13,18H2. The normalized spacial score (nSPS) is 11.8. The maximum atomic E-state index is 11.8. The van der Waals surface area contributed by atoms with Crippen molar-refractivity contribution in [3.8, 4) is 5.75 Å². The summed E-state index contributed by atoms with van der Waals surface area (Å²) < 4.78 is 5.21. The van der Waals surface area contributed by atoms with Gasteiger partial charge in [-0.15, -0.1) is 0 Å². The number of hydrogen-bond donors (Lipinski definition) is 1. The number of ether oxygens (including phenoxy) is 1. The Morgan fingerprint density at radius 2 is 1.60 bits per heavy atom. The zero-order chi connectivity index (χ0) is 14.2. The molecule has 104 valence electrons. The summed E-state index contributed by atoms with van der Waals surface area (Å²) in [6, 6.07) is 18.6. The van der Waals surface area contributed by atoms with E-state index < -0.39 is 6.04 Å². The van der Waals surface area contributed by atoms with E-state index in [1.807, 2.05) is 36.4 Å². The van der Waals surface area contributed by atoms with E-state index in [1.54, 1.807) is 12.1 Å². The fraction of sp³-hybridized carbons (Fsp3) is 0.235. The third-order valence-corrected chi connectivity index (χ3v) is 3.09. The van der Waals surface area contributed by atoms with Crippen molar-refractivity contribution >= 4 is 5.97 Å². The highest BCUT2D eigenvalue weighted by Crippen LogP contribution is 2.11. The number of carbonyl (C=O) groups excluding carboxylic acids is 1. The summed E-state index contributed by atoms with van der Waals surface area (Å²) in [4.78, 5) is 11.8. The largest absolute Gasteiger partial charge is 0.425 e. The van der Waals surface area contributed by atoms with Gasteiger partial charge in [-0.25, -0.2) is 4.79 Å². The van der Waals surface area contributed by atoms with E-state index >= 15 is 0 Å². The molecular weight excluding hydrogens is 250 g/mol. The third kappa shape index (κ3) is 4.52. The summed E-state index contributed by atoms with van der Waals surface area (Å²) in [6.45, 7) is 0. The molecule has 0 aliphatic rings. The van der Waals surface area contributed by atoms with E-state index in [0.29, 0.717) is 12.2 Å². The first-order valence-corrected chi connectivity index (χ1v) is 6.82. The number of hydrogen-bond acceptors (Lipinski definition) is 3. The van der Waals surface area contributed by atoms with E-state index in [0.717, 1.165) is 12.8 Å². The van der Waals surface area contributed by atoms with Gasteiger partial charge in [0.1, 0.15) is 11.8 Å². The number of esters is 1. The summed E-state index contributed by atoms with van der Waals surface area (Å²) in [5, 5.41) is 0. The molecule has 0 amide bonds. The van der Waals surface area contributed by atoms with Gasteiger partial charge in [0.2, 0.25) is 0 Å². The molecule has 0 aliphatic carbocycles.